The number of nitrogens with two attached hydrogens (primary N) is 1. The summed E-state index contributed by atoms with van der Waals surface area (Å²) < 4.78 is 5.42. The lowest BCUT2D eigenvalue weighted by molar-refractivity contribution is 0.0599. The highest BCUT2D eigenvalue weighted by molar-refractivity contribution is 6.00. The SMILES string of the molecule is COC(=O)c1ccc(CNC(=O)c2cc(C(=O)O)n3nnc(C(N)=O)c3n2)cc1. The summed E-state index contributed by atoms with van der Waals surface area (Å²) in [5, 5.41) is 18.9. The topological polar surface area (TPSA) is 179 Å². The smallest absolute Gasteiger partial charge is 0.354 e. The zero-order valence-electron chi connectivity index (χ0n) is 14.9. The normalized spacial score (nSPS) is 10.5. The highest BCUT2D eigenvalue weighted by Gasteiger charge is 2.22. The van der Waals surface area contributed by atoms with Gasteiger partial charge < -0.3 is 20.9 Å². The van der Waals surface area contributed by atoms with Crippen molar-refractivity contribution in [3.63, 3.8) is 0 Å². The van der Waals surface area contributed by atoms with Crippen molar-refractivity contribution in [1.82, 2.24) is 25.1 Å². The van der Waals surface area contributed by atoms with Crippen LogP contribution in [0.25, 0.3) is 5.65 Å². The number of ether oxygens (including phenoxy) is 1. The van der Waals surface area contributed by atoms with E-state index in [4.69, 9.17) is 5.73 Å². The molecule has 12 nitrogen and oxygen atoms in total. The van der Waals surface area contributed by atoms with Gasteiger partial charge in [0.2, 0.25) is 0 Å². The molecular weight excluding hydrogens is 384 g/mol. The number of fused-ring (bicyclic) bond motifs is 1. The second kappa shape index (κ2) is 7.72. The molecule has 0 aliphatic rings. The fraction of sp³-hybridized carbons (Fsp3) is 0.118. The van der Waals surface area contributed by atoms with Gasteiger partial charge in [-0.1, -0.05) is 17.3 Å². The van der Waals surface area contributed by atoms with Crippen LogP contribution in [-0.2, 0) is 11.3 Å². The van der Waals surface area contributed by atoms with Crippen molar-refractivity contribution in [2.75, 3.05) is 7.11 Å². The summed E-state index contributed by atoms with van der Waals surface area (Å²) in [6.07, 6.45) is 0. The van der Waals surface area contributed by atoms with Gasteiger partial charge in [0.25, 0.3) is 11.8 Å². The monoisotopic (exact) mass is 398 g/mol. The Morgan fingerprint density at radius 1 is 1.21 bits per heavy atom. The Balaban J connectivity index is 1.85. The van der Waals surface area contributed by atoms with Crippen LogP contribution in [0.5, 0.6) is 0 Å². The number of carboxylic acids is 1. The number of aromatic carboxylic acids is 1. The van der Waals surface area contributed by atoms with E-state index < -0.39 is 29.4 Å². The summed E-state index contributed by atoms with van der Waals surface area (Å²) in [5.41, 5.74) is 4.93. The first kappa shape index (κ1) is 19.4. The average Bonchev–Trinajstić information content (AvgIpc) is 3.15. The van der Waals surface area contributed by atoms with Gasteiger partial charge in [-0.15, -0.1) is 5.10 Å². The maximum atomic E-state index is 12.5. The molecule has 12 heteroatoms. The van der Waals surface area contributed by atoms with Crippen molar-refractivity contribution < 1.29 is 29.0 Å². The van der Waals surface area contributed by atoms with Gasteiger partial charge in [0.05, 0.1) is 12.7 Å². The molecule has 1 aromatic carbocycles. The summed E-state index contributed by atoms with van der Waals surface area (Å²) in [5.74, 6) is -3.54. The maximum absolute atomic E-state index is 12.5. The molecule has 4 N–H and O–H groups in total. The first-order valence-corrected chi connectivity index (χ1v) is 8.07. The molecule has 0 aliphatic heterocycles. The predicted molar refractivity (Wildman–Crippen MR) is 95.2 cm³/mol. The molecule has 0 spiro atoms. The minimum Gasteiger partial charge on any atom is -0.477 e. The minimum atomic E-state index is -1.40. The number of rotatable bonds is 6. The Labute approximate surface area is 162 Å². The molecule has 0 saturated carbocycles. The van der Waals surface area contributed by atoms with Crippen LogP contribution in [-0.4, -0.2) is 55.8 Å². The van der Waals surface area contributed by atoms with E-state index in [1.165, 1.54) is 19.2 Å². The molecule has 0 radical (unpaired) electrons. The molecule has 0 fully saturated rings. The zero-order chi connectivity index (χ0) is 21.1. The van der Waals surface area contributed by atoms with Crippen LogP contribution < -0.4 is 11.1 Å². The molecule has 0 saturated heterocycles. The first-order chi connectivity index (χ1) is 13.8. The van der Waals surface area contributed by atoms with Crippen LogP contribution >= 0.6 is 0 Å². The molecule has 2 heterocycles. The lowest BCUT2D eigenvalue weighted by atomic mass is 10.1. The molecule has 0 unspecified atom stereocenters. The molecule has 148 valence electrons. The van der Waals surface area contributed by atoms with Gasteiger partial charge >= 0.3 is 11.9 Å². The predicted octanol–water partition coefficient (Wildman–Crippen LogP) is -0.362. The van der Waals surface area contributed by atoms with Gasteiger partial charge in [0, 0.05) is 12.6 Å². The Morgan fingerprint density at radius 3 is 2.48 bits per heavy atom. The Morgan fingerprint density at radius 2 is 1.90 bits per heavy atom. The number of methoxy groups -OCH3 is 1. The number of benzene rings is 1. The quantitative estimate of drug-likeness (QED) is 0.467. The highest BCUT2D eigenvalue weighted by atomic mass is 16.5. The van der Waals surface area contributed by atoms with E-state index in [1.54, 1.807) is 12.1 Å². The lowest BCUT2D eigenvalue weighted by Gasteiger charge is -2.07. The number of primary amides is 1. The largest absolute Gasteiger partial charge is 0.477 e. The number of esters is 1. The number of carbonyl (C=O) groups is 4. The van der Waals surface area contributed by atoms with Crippen LogP contribution in [0.4, 0.5) is 0 Å². The number of nitrogens with zero attached hydrogens (tertiary/aromatic N) is 4. The fourth-order valence-electron chi connectivity index (χ4n) is 2.45. The summed E-state index contributed by atoms with van der Waals surface area (Å²) in [6.45, 7) is 0.0791. The van der Waals surface area contributed by atoms with E-state index >= 15 is 0 Å². The standard InChI is InChI=1S/C17H14N6O6/c1-29-17(28)9-4-2-8(3-5-9)7-19-15(25)10-6-11(16(26)27)23-14(20-10)12(13(18)24)21-22-23/h2-6H,7H2,1H3,(H2,18,24)(H,19,25)(H,26,27). The number of aromatic nitrogens is 4. The van der Waals surface area contributed by atoms with E-state index in [9.17, 15) is 24.3 Å². The highest BCUT2D eigenvalue weighted by Crippen LogP contribution is 2.11. The third kappa shape index (κ3) is 3.85. The Kier molecular flexibility index (Phi) is 5.17. The van der Waals surface area contributed by atoms with Gasteiger partial charge in [0.15, 0.2) is 17.0 Å². The number of hydrogen-bond donors (Lipinski definition) is 3. The van der Waals surface area contributed by atoms with Crippen LogP contribution in [0.15, 0.2) is 30.3 Å². The molecule has 0 atom stereocenters. The van der Waals surface area contributed by atoms with Crippen LogP contribution in [0.2, 0.25) is 0 Å². The molecule has 2 amide bonds. The minimum absolute atomic E-state index is 0.0791. The van der Waals surface area contributed by atoms with E-state index in [2.05, 4.69) is 25.3 Å². The van der Waals surface area contributed by atoms with Gasteiger partial charge in [0.1, 0.15) is 5.69 Å². The van der Waals surface area contributed by atoms with Crippen molar-refractivity contribution in [2.45, 2.75) is 6.54 Å². The number of amides is 2. The molecule has 0 aliphatic carbocycles. The fourth-order valence-corrected chi connectivity index (χ4v) is 2.45. The second-order valence-electron chi connectivity index (χ2n) is 5.74. The Hall–Kier alpha value is -4.35. The molecule has 0 bridgehead atoms. The zero-order valence-corrected chi connectivity index (χ0v) is 14.9. The van der Waals surface area contributed by atoms with Crippen LogP contribution in [0.1, 0.15) is 47.4 Å². The molecule has 3 aromatic rings. The third-order valence-electron chi connectivity index (χ3n) is 3.89. The van der Waals surface area contributed by atoms with E-state index in [0.29, 0.717) is 11.1 Å². The number of carbonyl (C=O) groups excluding carboxylic acids is 3. The Bertz CT molecular complexity index is 1140. The number of hydrogen-bond acceptors (Lipinski definition) is 8. The summed E-state index contributed by atoms with van der Waals surface area (Å²) >= 11 is 0. The van der Waals surface area contributed by atoms with Gasteiger partial charge in [-0.25, -0.2) is 14.6 Å². The van der Waals surface area contributed by atoms with Crippen molar-refractivity contribution in [2.24, 2.45) is 5.73 Å². The first-order valence-electron chi connectivity index (χ1n) is 8.07. The van der Waals surface area contributed by atoms with E-state index in [-0.39, 0.29) is 23.6 Å². The van der Waals surface area contributed by atoms with Gasteiger partial charge in [-0.3, -0.25) is 9.59 Å². The summed E-state index contributed by atoms with van der Waals surface area (Å²) in [4.78, 5) is 50.7. The van der Waals surface area contributed by atoms with E-state index in [1.807, 2.05) is 0 Å². The summed E-state index contributed by atoms with van der Waals surface area (Å²) in [6, 6.07) is 7.33. The molecule has 3 rings (SSSR count). The maximum Gasteiger partial charge on any atom is 0.354 e. The number of carboxylic acid groups (broad SMARTS) is 1. The lowest BCUT2D eigenvalue weighted by Crippen LogP contribution is -2.25. The van der Waals surface area contributed by atoms with Crippen LogP contribution in [0.3, 0.4) is 0 Å². The molecular formula is C17H14N6O6. The van der Waals surface area contributed by atoms with Gasteiger partial charge in [-0.05, 0) is 17.7 Å². The van der Waals surface area contributed by atoms with Gasteiger partial charge in [-0.2, -0.15) is 4.52 Å². The molecule has 29 heavy (non-hydrogen) atoms. The second-order valence-corrected chi connectivity index (χ2v) is 5.74. The van der Waals surface area contributed by atoms with Crippen LogP contribution in [0, 0.1) is 0 Å². The van der Waals surface area contributed by atoms with Crippen molar-refractivity contribution in [1.29, 1.82) is 0 Å². The summed E-state index contributed by atoms with van der Waals surface area (Å²) in [7, 11) is 1.27. The molecule has 2 aromatic heterocycles. The third-order valence-corrected chi connectivity index (χ3v) is 3.89. The number of nitrogens with one attached hydrogen (secondary N) is 1. The van der Waals surface area contributed by atoms with Crippen molar-refractivity contribution in [3.8, 4) is 0 Å². The van der Waals surface area contributed by atoms with E-state index in [0.717, 1.165) is 10.6 Å². The average molecular weight is 398 g/mol. The van der Waals surface area contributed by atoms with Crippen molar-refractivity contribution in [3.05, 3.63) is 58.5 Å². The van der Waals surface area contributed by atoms with Crippen molar-refractivity contribution >= 4 is 29.4 Å².